The van der Waals surface area contributed by atoms with Crippen molar-refractivity contribution in [3.63, 3.8) is 0 Å². The molecular formula is C88H172O17P2. The van der Waals surface area contributed by atoms with Gasteiger partial charge in [0.05, 0.1) is 26.4 Å². The predicted molar refractivity (Wildman–Crippen MR) is 442 cm³/mol. The molecule has 0 fully saturated rings. The lowest BCUT2D eigenvalue weighted by atomic mass is 9.99. The number of esters is 4. The summed E-state index contributed by atoms with van der Waals surface area (Å²) >= 11 is 0. The molecule has 17 nitrogen and oxygen atoms in total. The smallest absolute Gasteiger partial charge is 0.462 e. The number of unbranched alkanes of at least 4 members (excludes halogenated alkanes) is 55. The molecule has 0 bridgehead atoms. The maximum absolute atomic E-state index is 13.2. The Morgan fingerprint density at radius 2 is 0.449 bits per heavy atom. The molecule has 3 N–H and O–H groups in total. The molecule has 0 aromatic rings. The molecule has 0 aliphatic heterocycles. The van der Waals surface area contributed by atoms with E-state index in [9.17, 15) is 43.2 Å². The molecule has 0 rings (SSSR count). The maximum atomic E-state index is 13.2. The van der Waals surface area contributed by atoms with E-state index in [1.54, 1.807) is 0 Å². The number of hydrogen-bond acceptors (Lipinski definition) is 15. The molecule has 19 heteroatoms. The fraction of sp³-hybridized carbons (Fsp3) is 0.955. The Hall–Kier alpha value is -1.94. The summed E-state index contributed by atoms with van der Waals surface area (Å²) in [5, 5.41) is 10.7. The summed E-state index contributed by atoms with van der Waals surface area (Å²) in [6, 6.07) is 0. The zero-order valence-electron chi connectivity index (χ0n) is 70.5. The highest BCUT2D eigenvalue weighted by molar-refractivity contribution is 7.47. The Morgan fingerprint density at radius 1 is 0.262 bits per heavy atom. The van der Waals surface area contributed by atoms with Crippen molar-refractivity contribution < 1.29 is 80.2 Å². The first-order valence-corrected chi connectivity index (χ1v) is 48.6. The van der Waals surface area contributed by atoms with Crippen LogP contribution in [0.2, 0.25) is 0 Å². The normalized spacial score (nSPS) is 14.3. The monoisotopic (exact) mass is 1560 g/mol. The second-order valence-electron chi connectivity index (χ2n) is 32.1. The molecular weight excluding hydrogens is 1390 g/mol. The van der Waals surface area contributed by atoms with Crippen molar-refractivity contribution in [2.75, 3.05) is 39.6 Å². The number of hydrogen-bond donors (Lipinski definition) is 3. The van der Waals surface area contributed by atoms with Gasteiger partial charge in [-0.25, -0.2) is 9.13 Å². The van der Waals surface area contributed by atoms with Gasteiger partial charge in [0, 0.05) is 25.7 Å². The van der Waals surface area contributed by atoms with Crippen molar-refractivity contribution in [1.29, 1.82) is 0 Å². The highest BCUT2D eigenvalue weighted by atomic mass is 31.2. The standard InChI is InChI=1S/C88H172O17P2/c1-7-11-13-15-17-19-21-23-25-27-29-31-33-35-37-39-41-43-48-52-60-66-72-87(92)104-83(76-98-85(90)70-64-58-51-47-42-40-38-36-34-32-30-28-26-24-22-20-18-16-14-12-8-2)78-102-106(94,95)100-74-82(89)75-101-107(96,97)103-79-84(77-99-86(91)71-65-59-55-54-57-63-69-81(6)10-4)105-88(93)73-67-61-53-49-45-44-46-50-56-62-68-80(5)9-3/h80-84,89H,7-79H2,1-6H3,(H,94,95)(H,96,97)/t80?,81?,82-,83-,84-/m1/s1. The van der Waals surface area contributed by atoms with Crippen LogP contribution in [0.5, 0.6) is 0 Å². The Morgan fingerprint density at radius 3 is 0.664 bits per heavy atom. The van der Waals surface area contributed by atoms with Crippen LogP contribution in [0.25, 0.3) is 0 Å². The van der Waals surface area contributed by atoms with Crippen LogP contribution in [-0.4, -0.2) is 96.7 Å². The average Bonchev–Trinajstić information content (AvgIpc) is 0.901. The molecule has 107 heavy (non-hydrogen) atoms. The highest BCUT2D eigenvalue weighted by Gasteiger charge is 2.31. The lowest BCUT2D eigenvalue weighted by molar-refractivity contribution is -0.161. The van der Waals surface area contributed by atoms with Crippen molar-refractivity contribution in [2.24, 2.45) is 11.8 Å². The summed E-state index contributed by atoms with van der Waals surface area (Å²) in [6.07, 6.45) is 72.5. The van der Waals surface area contributed by atoms with Gasteiger partial charge in [0.25, 0.3) is 0 Å². The molecule has 0 radical (unpaired) electrons. The number of rotatable bonds is 87. The molecule has 0 saturated heterocycles. The minimum Gasteiger partial charge on any atom is -0.462 e. The number of phosphoric acid groups is 2. The summed E-state index contributed by atoms with van der Waals surface area (Å²) in [7, 11) is -9.93. The number of carbonyl (C=O) groups excluding carboxylic acids is 4. The van der Waals surface area contributed by atoms with Crippen LogP contribution in [0.3, 0.4) is 0 Å². The van der Waals surface area contributed by atoms with Crippen molar-refractivity contribution in [1.82, 2.24) is 0 Å². The van der Waals surface area contributed by atoms with E-state index in [-0.39, 0.29) is 25.7 Å². The number of ether oxygens (including phenoxy) is 4. The van der Waals surface area contributed by atoms with Crippen LogP contribution in [0.15, 0.2) is 0 Å². The topological polar surface area (TPSA) is 237 Å². The minimum atomic E-state index is -4.97. The number of aliphatic hydroxyl groups excluding tert-OH is 1. The Kier molecular flexibility index (Phi) is 77.9. The Balaban J connectivity index is 5.21. The summed E-state index contributed by atoms with van der Waals surface area (Å²) < 4.78 is 68.9. The first kappa shape index (κ1) is 105. The van der Waals surface area contributed by atoms with E-state index < -0.39 is 97.5 Å². The van der Waals surface area contributed by atoms with Crippen LogP contribution in [0.1, 0.15) is 472 Å². The van der Waals surface area contributed by atoms with Gasteiger partial charge in [-0.3, -0.25) is 37.3 Å². The molecule has 0 heterocycles. The van der Waals surface area contributed by atoms with Gasteiger partial charge < -0.3 is 33.8 Å². The third kappa shape index (κ3) is 79.1. The number of aliphatic hydroxyl groups is 1. The second-order valence-corrected chi connectivity index (χ2v) is 35.0. The van der Waals surface area contributed by atoms with Crippen molar-refractivity contribution >= 4 is 39.5 Å². The fourth-order valence-corrected chi connectivity index (χ4v) is 15.3. The lowest BCUT2D eigenvalue weighted by Crippen LogP contribution is -2.30. The number of carbonyl (C=O) groups is 4. The van der Waals surface area contributed by atoms with Gasteiger partial charge in [0.2, 0.25) is 0 Å². The van der Waals surface area contributed by atoms with Crippen LogP contribution in [0, 0.1) is 11.8 Å². The van der Waals surface area contributed by atoms with E-state index in [1.165, 1.54) is 283 Å². The van der Waals surface area contributed by atoms with E-state index in [0.29, 0.717) is 25.7 Å². The van der Waals surface area contributed by atoms with Gasteiger partial charge in [-0.1, -0.05) is 420 Å². The fourth-order valence-electron chi connectivity index (χ4n) is 13.7. The molecule has 4 unspecified atom stereocenters. The Labute approximate surface area is 658 Å². The molecule has 0 aromatic heterocycles. The van der Waals surface area contributed by atoms with Crippen molar-refractivity contribution in [3.05, 3.63) is 0 Å². The van der Waals surface area contributed by atoms with Gasteiger partial charge >= 0.3 is 39.5 Å². The molecule has 7 atom stereocenters. The second kappa shape index (κ2) is 79.3. The van der Waals surface area contributed by atoms with Gasteiger partial charge in [-0.15, -0.1) is 0 Å². The quantitative estimate of drug-likeness (QED) is 0.0222. The maximum Gasteiger partial charge on any atom is 0.472 e. The third-order valence-electron chi connectivity index (χ3n) is 21.4. The minimum absolute atomic E-state index is 0.106. The lowest BCUT2D eigenvalue weighted by Gasteiger charge is -2.21. The summed E-state index contributed by atoms with van der Waals surface area (Å²) in [6.45, 7) is 9.65. The van der Waals surface area contributed by atoms with E-state index >= 15 is 0 Å². The molecule has 0 saturated carbocycles. The SMILES string of the molecule is CCCCCCCCCCCCCCCCCCCCCCCCC(=O)O[C@H](COC(=O)CCCCCCCCCCCCCCCCCCCCCCC)COP(=O)(O)OC[C@@H](O)COP(=O)(O)OC[C@@H](COC(=O)CCCCCCCCC(C)CC)OC(=O)CCCCCCCCCCCCC(C)CC. The first-order valence-electron chi connectivity index (χ1n) is 45.6. The third-order valence-corrected chi connectivity index (χ3v) is 23.3. The first-order chi connectivity index (χ1) is 51.9. The van der Waals surface area contributed by atoms with Gasteiger partial charge in [-0.2, -0.15) is 0 Å². The highest BCUT2D eigenvalue weighted by Crippen LogP contribution is 2.45. The Bertz CT molecular complexity index is 2050. The van der Waals surface area contributed by atoms with Crippen molar-refractivity contribution in [2.45, 2.75) is 490 Å². The molecule has 0 amide bonds. The predicted octanol–water partition coefficient (Wildman–Crippen LogP) is 27.0. The largest absolute Gasteiger partial charge is 0.472 e. The van der Waals surface area contributed by atoms with Crippen LogP contribution in [-0.2, 0) is 65.4 Å². The summed E-state index contributed by atoms with van der Waals surface area (Å²) in [4.78, 5) is 73.2. The molecule has 0 aromatic carbocycles. The zero-order valence-corrected chi connectivity index (χ0v) is 72.2. The summed E-state index contributed by atoms with van der Waals surface area (Å²) in [5.41, 5.74) is 0. The van der Waals surface area contributed by atoms with E-state index in [2.05, 4.69) is 41.5 Å². The van der Waals surface area contributed by atoms with E-state index in [4.69, 9.17) is 37.0 Å². The average molecular weight is 1560 g/mol. The van der Waals surface area contributed by atoms with Crippen LogP contribution in [0.4, 0.5) is 0 Å². The molecule has 0 aliphatic rings. The van der Waals surface area contributed by atoms with E-state index in [1.807, 2.05) is 0 Å². The number of phosphoric ester groups is 2. The van der Waals surface area contributed by atoms with E-state index in [0.717, 1.165) is 108 Å². The molecule has 0 spiro atoms. The van der Waals surface area contributed by atoms with Gasteiger partial charge in [0.1, 0.15) is 19.3 Å². The molecule has 636 valence electrons. The van der Waals surface area contributed by atoms with Crippen molar-refractivity contribution in [3.8, 4) is 0 Å². The van der Waals surface area contributed by atoms with Gasteiger partial charge in [0.15, 0.2) is 12.2 Å². The summed E-state index contributed by atoms with van der Waals surface area (Å²) in [5.74, 6) is -0.571. The molecule has 0 aliphatic carbocycles. The van der Waals surface area contributed by atoms with Gasteiger partial charge in [-0.05, 0) is 37.5 Å². The van der Waals surface area contributed by atoms with Crippen LogP contribution < -0.4 is 0 Å². The zero-order chi connectivity index (χ0) is 78.5. The van der Waals surface area contributed by atoms with Crippen LogP contribution >= 0.6 is 15.6 Å².